The summed E-state index contributed by atoms with van der Waals surface area (Å²) in [6, 6.07) is 12.9. The fraction of sp³-hybridized carbons (Fsp3) is 0.188. The smallest absolute Gasteiger partial charge is 0.0705 e. The molecular formula is C16H16N2S. The second kappa shape index (κ2) is 5.51. The first-order valence-electron chi connectivity index (χ1n) is 6.43. The van der Waals surface area contributed by atoms with Crippen LogP contribution in [0.5, 0.6) is 0 Å². The highest BCUT2D eigenvalue weighted by atomic mass is 32.1. The number of nitrogens with zero attached hydrogens (tertiary/aromatic N) is 1. The predicted molar refractivity (Wildman–Crippen MR) is 81.3 cm³/mol. The molecule has 0 bridgehead atoms. The minimum Gasteiger partial charge on any atom is -0.306 e. The van der Waals surface area contributed by atoms with E-state index in [9.17, 15) is 0 Å². The summed E-state index contributed by atoms with van der Waals surface area (Å²) in [5.74, 6) is 0. The number of hydrogen-bond donors (Lipinski definition) is 1. The van der Waals surface area contributed by atoms with Crippen LogP contribution in [0.2, 0.25) is 0 Å². The number of benzene rings is 1. The number of hydrogen-bond acceptors (Lipinski definition) is 3. The lowest BCUT2D eigenvalue weighted by molar-refractivity contribution is 0.578. The highest BCUT2D eigenvalue weighted by Gasteiger charge is 2.06. The molecule has 19 heavy (non-hydrogen) atoms. The van der Waals surface area contributed by atoms with Crippen LogP contribution in [0.25, 0.3) is 10.9 Å². The molecule has 0 amide bonds. The van der Waals surface area contributed by atoms with Crippen LogP contribution in [0, 0.1) is 0 Å². The van der Waals surface area contributed by atoms with Gasteiger partial charge in [-0.25, -0.2) is 0 Å². The lowest BCUT2D eigenvalue weighted by Gasteiger charge is -2.13. The first-order chi connectivity index (χ1) is 9.34. The van der Waals surface area contributed by atoms with Gasteiger partial charge in [0.1, 0.15) is 0 Å². The lowest BCUT2D eigenvalue weighted by Crippen LogP contribution is -2.17. The summed E-state index contributed by atoms with van der Waals surface area (Å²) < 4.78 is 0. The molecule has 1 unspecified atom stereocenters. The standard InChI is InChI=1S/C16H16N2S/c1-12(14-7-9-19-11-14)18-10-13-6-8-17-16-5-3-2-4-15(13)16/h2-9,11-12,18H,10H2,1H3. The van der Waals surface area contributed by atoms with Crippen molar-refractivity contribution in [2.75, 3.05) is 0 Å². The Labute approximate surface area is 117 Å². The van der Waals surface area contributed by atoms with Gasteiger partial charge in [0, 0.05) is 24.2 Å². The van der Waals surface area contributed by atoms with Crippen LogP contribution < -0.4 is 5.32 Å². The third-order valence-corrected chi connectivity index (χ3v) is 4.08. The van der Waals surface area contributed by atoms with Gasteiger partial charge in [-0.15, -0.1) is 0 Å². The number of aromatic nitrogens is 1. The van der Waals surface area contributed by atoms with E-state index in [1.165, 1.54) is 16.5 Å². The topological polar surface area (TPSA) is 24.9 Å². The van der Waals surface area contributed by atoms with Crippen LogP contribution in [0.15, 0.2) is 53.4 Å². The van der Waals surface area contributed by atoms with Crippen molar-refractivity contribution in [2.45, 2.75) is 19.5 Å². The number of rotatable bonds is 4. The number of fused-ring (bicyclic) bond motifs is 1. The molecule has 2 aromatic heterocycles. The van der Waals surface area contributed by atoms with Gasteiger partial charge in [-0.05, 0) is 47.0 Å². The van der Waals surface area contributed by atoms with Gasteiger partial charge in [-0.2, -0.15) is 11.3 Å². The van der Waals surface area contributed by atoms with Gasteiger partial charge in [0.05, 0.1) is 5.52 Å². The molecule has 2 heterocycles. The fourth-order valence-electron chi connectivity index (χ4n) is 2.21. The van der Waals surface area contributed by atoms with Crippen molar-refractivity contribution in [3.8, 4) is 0 Å². The van der Waals surface area contributed by atoms with Gasteiger partial charge in [-0.3, -0.25) is 4.98 Å². The number of para-hydroxylation sites is 1. The second-order valence-corrected chi connectivity index (χ2v) is 5.43. The normalized spacial score (nSPS) is 12.7. The Hall–Kier alpha value is -1.71. The molecule has 0 aliphatic carbocycles. The summed E-state index contributed by atoms with van der Waals surface area (Å²) in [4.78, 5) is 4.39. The molecule has 0 saturated heterocycles. The summed E-state index contributed by atoms with van der Waals surface area (Å²) in [6.07, 6.45) is 1.88. The molecule has 0 saturated carbocycles. The second-order valence-electron chi connectivity index (χ2n) is 4.65. The lowest BCUT2D eigenvalue weighted by atomic mass is 10.1. The molecule has 1 aromatic carbocycles. The van der Waals surface area contributed by atoms with Crippen molar-refractivity contribution >= 4 is 22.2 Å². The third kappa shape index (κ3) is 2.67. The highest BCUT2D eigenvalue weighted by molar-refractivity contribution is 7.07. The van der Waals surface area contributed by atoms with E-state index in [1.807, 2.05) is 12.3 Å². The molecular weight excluding hydrogens is 252 g/mol. The molecule has 96 valence electrons. The molecule has 0 spiro atoms. The molecule has 3 aromatic rings. The Balaban J connectivity index is 1.79. The zero-order valence-corrected chi connectivity index (χ0v) is 11.7. The van der Waals surface area contributed by atoms with E-state index >= 15 is 0 Å². The van der Waals surface area contributed by atoms with E-state index in [4.69, 9.17) is 0 Å². The van der Waals surface area contributed by atoms with Crippen molar-refractivity contribution in [3.63, 3.8) is 0 Å². The number of nitrogens with one attached hydrogen (secondary N) is 1. The summed E-state index contributed by atoms with van der Waals surface area (Å²) in [7, 11) is 0. The van der Waals surface area contributed by atoms with Gasteiger partial charge < -0.3 is 5.32 Å². The van der Waals surface area contributed by atoms with E-state index in [1.54, 1.807) is 11.3 Å². The van der Waals surface area contributed by atoms with Crippen LogP contribution in [0.3, 0.4) is 0 Å². The molecule has 3 rings (SSSR count). The molecule has 3 heteroatoms. The van der Waals surface area contributed by atoms with Crippen LogP contribution in [0.1, 0.15) is 24.1 Å². The first kappa shape index (κ1) is 12.3. The fourth-order valence-corrected chi connectivity index (χ4v) is 2.97. The Morgan fingerprint density at radius 2 is 2.11 bits per heavy atom. The summed E-state index contributed by atoms with van der Waals surface area (Å²) in [5.41, 5.74) is 3.71. The maximum Gasteiger partial charge on any atom is 0.0705 e. The van der Waals surface area contributed by atoms with Gasteiger partial charge >= 0.3 is 0 Å². The van der Waals surface area contributed by atoms with E-state index in [2.05, 4.69) is 58.3 Å². The largest absolute Gasteiger partial charge is 0.306 e. The Morgan fingerprint density at radius 1 is 1.21 bits per heavy atom. The average Bonchev–Trinajstić information content (AvgIpc) is 2.99. The molecule has 0 aliphatic rings. The van der Waals surface area contributed by atoms with Gasteiger partial charge in [-0.1, -0.05) is 18.2 Å². The molecule has 0 aliphatic heterocycles. The van der Waals surface area contributed by atoms with Crippen LogP contribution >= 0.6 is 11.3 Å². The van der Waals surface area contributed by atoms with Crippen molar-refractivity contribution in [1.82, 2.24) is 10.3 Å². The highest BCUT2D eigenvalue weighted by Crippen LogP contribution is 2.19. The van der Waals surface area contributed by atoms with E-state index in [-0.39, 0.29) is 0 Å². The van der Waals surface area contributed by atoms with Crippen molar-refractivity contribution in [1.29, 1.82) is 0 Å². The van der Waals surface area contributed by atoms with Crippen LogP contribution in [-0.2, 0) is 6.54 Å². The summed E-state index contributed by atoms with van der Waals surface area (Å²) >= 11 is 1.74. The minimum atomic E-state index is 0.373. The van der Waals surface area contributed by atoms with E-state index in [0.717, 1.165) is 12.1 Å². The maximum absolute atomic E-state index is 4.39. The Kier molecular flexibility index (Phi) is 3.58. The molecule has 1 atom stereocenters. The maximum atomic E-state index is 4.39. The Morgan fingerprint density at radius 3 is 2.95 bits per heavy atom. The zero-order chi connectivity index (χ0) is 13.1. The minimum absolute atomic E-state index is 0.373. The van der Waals surface area contributed by atoms with Crippen molar-refractivity contribution < 1.29 is 0 Å². The van der Waals surface area contributed by atoms with Crippen molar-refractivity contribution in [2.24, 2.45) is 0 Å². The average molecular weight is 268 g/mol. The number of pyridine rings is 1. The van der Waals surface area contributed by atoms with E-state index < -0.39 is 0 Å². The van der Waals surface area contributed by atoms with Crippen LogP contribution in [-0.4, -0.2) is 4.98 Å². The summed E-state index contributed by atoms with van der Waals surface area (Å²) in [6.45, 7) is 3.06. The van der Waals surface area contributed by atoms with Crippen LogP contribution in [0.4, 0.5) is 0 Å². The summed E-state index contributed by atoms with van der Waals surface area (Å²) in [5, 5.41) is 9.12. The third-order valence-electron chi connectivity index (χ3n) is 3.38. The quantitative estimate of drug-likeness (QED) is 0.769. The van der Waals surface area contributed by atoms with Gasteiger partial charge in [0.25, 0.3) is 0 Å². The number of thiophene rings is 1. The molecule has 0 radical (unpaired) electrons. The van der Waals surface area contributed by atoms with Gasteiger partial charge in [0.2, 0.25) is 0 Å². The molecule has 0 fully saturated rings. The van der Waals surface area contributed by atoms with Gasteiger partial charge in [0.15, 0.2) is 0 Å². The zero-order valence-electron chi connectivity index (χ0n) is 10.8. The van der Waals surface area contributed by atoms with Crippen molar-refractivity contribution in [3.05, 3.63) is 64.5 Å². The monoisotopic (exact) mass is 268 g/mol. The predicted octanol–water partition coefficient (Wildman–Crippen LogP) is 4.15. The SMILES string of the molecule is CC(NCc1ccnc2ccccc12)c1ccsc1. The molecule has 2 nitrogen and oxygen atoms in total. The molecule has 1 N–H and O–H groups in total. The first-order valence-corrected chi connectivity index (χ1v) is 7.37. The Bertz CT molecular complexity index is 656. The van der Waals surface area contributed by atoms with E-state index in [0.29, 0.717) is 6.04 Å².